The Morgan fingerprint density at radius 1 is 1.03 bits per heavy atom. The van der Waals surface area contributed by atoms with Crippen molar-refractivity contribution in [1.29, 1.82) is 0 Å². The smallest absolute Gasteiger partial charge is 0.350 e. The molecule has 1 amide bonds. The van der Waals surface area contributed by atoms with Crippen LogP contribution in [-0.4, -0.2) is 46.2 Å². The van der Waals surface area contributed by atoms with Gasteiger partial charge in [-0.1, -0.05) is 47.6 Å². The molecule has 2 aromatic carbocycles. The molecule has 0 unspecified atom stereocenters. The van der Waals surface area contributed by atoms with E-state index in [1.165, 1.54) is 18.2 Å². The molecule has 174 valence electrons. The first kappa shape index (κ1) is 22.9. The summed E-state index contributed by atoms with van der Waals surface area (Å²) in [7, 11) is 1.81. The largest absolute Gasteiger partial charge is 0.471 e. The maximum atomic E-state index is 12.7. The summed E-state index contributed by atoms with van der Waals surface area (Å²) in [5.41, 5.74) is 2.24. The van der Waals surface area contributed by atoms with Crippen molar-refractivity contribution in [3.8, 4) is 22.6 Å². The van der Waals surface area contributed by atoms with Crippen molar-refractivity contribution >= 4 is 11.9 Å². The molecule has 0 saturated carbocycles. The number of hydrogen-bond donors (Lipinski definition) is 1. The van der Waals surface area contributed by atoms with Gasteiger partial charge in [0.1, 0.15) is 0 Å². The molecule has 0 saturated heterocycles. The molecular formula is C23H19F3N6O2. The quantitative estimate of drug-likeness (QED) is 0.437. The molecule has 0 bridgehead atoms. The second-order valence-electron chi connectivity index (χ2n) is 7.29. The van der Waals surface area contributed by atoms with Crippen LogP contribution < -0.4 is 10.2 Å². The predicted octanol–water partition coefficient (Wildman–Crippen LogP) is 4.08. The van der Waals surface area contributed by atoms with Crippen LogP contribution in [0.2, 0.25) is 0 Å². The highest BCUT2D eigenvalue weighted by Crippen LogP contribution is 2.29. The van der Waals surface area contributed by atoms with Gasteiger partial charge in [-0.25, -0.2) is 9.97 Å². The molecule has 0 fully saturated rings. The van der Waals surface area contributed by atoms with Crippen molar-refractivity contribution in [2.75, 3.05) is 25.0 Å². The Labute approximate surface area is 192 Å². The minimum Gasteiger partial charge on any atom is -0.350 e. The van der Waals surface area contributed by atoms with Crippen molar-refractivity contribution in [1.82, 2.24) is 25.4 Å². The number of nitrogens with zero attached hydrogens (tertiary/aromatic N) is 5. The Morgan fingerprint density at radius 2 is 1.79 bits per heavy atom. The van der Waals surface area contributed by atoms with E-state index in [1.807, 2.05) is 43.4 Å². The van der Waals surface area contributed by atoms with Crippen molar-refractivity contribution < 1.29 is 22.5 Å². The van der Waals surface area contributed by atoms with E-state index in [1.54, 1.807) is 17.2 Å². The zero-order chi connectivity index (χ0) is 24.1. The van der Waals surface area contributed by atoms with Gasteiger partial charge in [0.15, 0.2) is 0 Å². The summed E-state index contributed by atoms with van der Waals surface area (Å²) in [6.45, 7) is 0.725. The molecular weight excluding hydrogens is 449 g/mol. The van der Waals surface area contributed by atoms with E-state index >= 15 is 0 Å². The second-order valence-corrected chi connectivity index (χ2v) is 7.29. The Morgan fingerprint density at radius 3 is 2.53 bits per heavy atom. The molecule has 0 atom stereocenters. The number of amides is 1. The third-order valence-electron chi connectivity index (χ3n) is 4.84. The van der Waals surface area contributed by atoms with Crippen LogP contribution in [0.15, 0.2) is 71.4 Å². The Bertz CT molecular complexity index is 1280. The number of carbonyl (C=O) groups excluding carboxylic acids is 1. The summed E-state index contributed by atoms with van der Waals surface area (Å²) < 4.78 is 42.3. The highest BCUT2D eigenvalue weighted by molar-refractivity contribution is 5.95. The van der Waals surface area contributed by atoms with Crippen molar-refractivity contribution in [2.24, 2.45) is 0 Å². The number of rotatable bonds is 7. The van der Waals surface area contributed by atoms with Crippen molar-refractivity contribution in [3.63, 3.8) is 0 Å². The van der Waals surface area contributed by atoms with E-state index in [4.69, 9.17) is 0 Å². The SMILES string of the molecule is CN(CCNC(=O)c1cccc(-c2noc(C(F)(F)F)n2)c1)c1nccc(-c2ccccc2)n1. The molecule has 11 heteroatoms. The molecule has 0 aliphatic rings. The molecule has 0 aliphatic carbocycles. The van der Waals surface area contributed by atoms with Gasteiger partial charge in [-0.05, 0) is 18.2 Å². The molecule has 0 aliphatic heterocycles. The molecule has 4 aromatic rings. The van der Waals surface area contributed by atoms with Gasteiger partial charge in [-0.3, -0.25) is 4.79 Å². The van der Waals surface area contributed by atoms with E-state index in [0.717, 1.165) is 11.3 Å². The lowest BCUT2D eigenvalue weighted by atomic mass is 10.1. The Kier molecular flexibility index (Phi) is 6.53. The topological polar surface area (TPSA) is 97.0 Å². The molecule has 2 heterocycles. The summed E-state index contributed by atoms with van der Waals surface area (Å²) >= 11 is 0. The van der Waals surface area contributed by atoms with Gasteiger partial charge < -0.3 is 14.7 Å². The van der Waals surface area contributed by atoms with Crippen molar-refractivity contribution in [2.45, 2.75) is 6.18 Å². The summed E-state index contributed by atoms with van der Waals surface area (Å²) in [4.78, 5) is 26.5. The van der Waals surface area contributed by atoms with Crippen LogP contribution in [0.3, 0.4) is 0 Å². The fourth-order valence-corrected chi connectivity index (χ4v) is 3.10. The van der Waals surface area contributed by atoms with E-state index in [9.17, 15) is 18.0 Å². The highest BCUT2D eigenvalue weighted by atomic mass is 19.4. The van der Waals surface area contributed by atoms with Crippen LogP contribution in [0.1, 0.15) is 16.2 Å². The fraction of sp³-hybridized carbons (Fsp3) is 0.174. The second kappa shape index (κ2) is 9.69. The standard InChI is InChI=1S/C23H19F3N6O2/c1-32(22-28-11-10-18(29-22)15-6-3-2-4-7-15)13-12-27-20(33)17-9-5-8-16(14-17)19-30-21(34-31-19)23(24,25)26/h2-11,14H,12-13H2,1H3,(H,27,33). The number of alkyl halides is 3. The molecule has 0 spiro atoms. The van der Waals surface area contributed by atoms with Gasteiger partial charge in [0, 0.05) is 43.0 Å². The molecule has 0 radical (unpaired) electrons. The zero-order valence-corrected chi connectivity index (χ0v) is 18.0. The number of anilines is 1. The van der Waals surface area contributed by atoms with Crippen LogP contribution in [-0.2, 0) is 6.18 Å². The van der Waals surface area contributed by atoms with Gasteiger partial charge in [-0.15, -0.1) is 0 Å². The van der Waals surface area contributed by atoms with E-state index in [0.29, 0.717) is 19.0 Å². The number of nitrogens with one attached hydrogen (secondary N) is 1. The van der Waals surface area contributed by atoms with Crippen LogP contribution >= 0.6 is 0 Å². The van der Waals surface area contributed by atoms with E-state index < -0.39 is 18.0 Å². The van der Waals surface area contributed by atoms with Crippen molar-refractivity contribution in [3.05, 3.63) is 78.3 Å². The number of likely N-dealkylation sites (N-methyl/N-ethyl adjacent to an activating group) is 1. The molecule has 2 aromatic heterocycles. The molecule has 34 heavy (non-hydrogen) atoms. The van der Waals surface area contributed by atoms with Crippen LogP contribution in [0.4, 0.5) is 19.1 Å². The summed E-state index contributed by atoms with van der Waals surface area (Å²) in [5, 5.41) is 6.12. The maximum absolute atomic E-state index is 12.7. The first-order valence-corrected chi connectivity index (χ1v) is 10.2. The van der Waals surface area contributed by atoms with Crippen LogP contribution in [0, 0.1) is 0 Å². The van der Waals surface area contributed by atoms with Gasteiger partial charge in [0.05, 0.1) is 5.69 Å². The first-order chi connectivity index (χ1) is 16.3. The average Bonchev–Trinajstić information content (AvgIpc) is 3.36. The number of hydrogen-bond acceptors (Lipinski definition) is 7. The third kappa shape index (κ3) is 5.37. The molecule has 1 N–H and O–H groups in total. The fourth-order valence-electron chi connectivity index (χ4n) is 3.10. The minimum absolute atomic E-state index is 0.232. The van der Waals surface area contributed by atoms with Gasteiger partial charge in [-0.2, -0.15) is 18.2 Å². The van der Waals surface area contributed by atoms with E-state index in [2.05, 4.69) is 29.9 Å². The molecule has 8 nitrogen and oxygen atoms in total. The Balaban J connectivity index is 1.36. The van der Waals surface area contributed by atoms with Gasteiger partial charge in [0.2, 0.25) is 11.8 Å². The average molecular weight is 468 g/mol. The number of carbonyl (C=O) groups is 1. The number of aromatic nitrogens is 4. The number of halogens is 3. The summed E-state index contributed by atoms with van der Waals surface area (Å²) in [5.74, 6) is -1.58. The normalized spacial score (nSPS) is 11.3. The van der Waals surface area contributed by atoms with Gasteiger partial charge in [0.25, 0.3) is 5.91 Å². The minimum atomic E-state index is -4.74. The van der Waals surface area contributed by atoms with Crippen LogP contribution in [0.25, 0.3) is 22.6 Å². The predicted molar refractivity (Wildman–Crippen MR) is 118 cm³/mol. The first-order valence-electron chi connectivity index (χ1n) is 10.2. The van der Waals surface area contributed by atoms with E-state index in [-0.39, 0.29) is 17.0 Å². The van der Waals surface area contributed by atoms with Gasteiger partial charge >= 0.3 is 12.1 Å². The lowest BCUT2D eigenvalue weighted by Gasteiger charge is -2.18. The third-order valence-corrected chi connectivity index (χ3v) is 4.84. The zero-order valence-electron chi connectivity index (χ0n) is 18.0. The lowest BCUT2D eigenvalue weighted by molar-refractivity contribution is -0.159. The monoisotopic (exact) mass is 468 g/mol. The summed E-state index contributed by atoms with van der Waals surface area (Å²) in [6, 6.07) is 17.5. The number of benzene rings is 2. The Hall–Kier alpha value is -4.28. The highest BCUT2D eigenvalue weighted by Gasteiger charge is 2.38. The molecule has 4 rings (SSSR count). The maximum Gasteiger partial charge on any atom is 0.471 e. The van der Waals surface area contributed by atoms with Crippen LogP contribution in [0.5, 0.6) is 0 Å². The lowest BCUT2D eigenvalue weighted by Crippen LogP contribution is -2.33. The summed E-state index contributed by atoms with van der Waals surface area (Å²) in [6.07, 6.45) is -3.07.